The van der Waals surface area contributed by atoms with Crippen molar-refractivity contribution in [3.63, 3.8) is 0 Å². The lowest BCUT2D eigenvalue weighted by atomic mass is 10.1. The topological polar surface area (TPSA) is 72.1 Å². The Balaban J connectivity index is 1.74. The number of hydrogen-bond donors (Lipinski definition) is 0. The molecule has 1 aliphatic heterocycles. The summed E-state index contributed by atoms with van der Waals surface area (Å²) >= 11 is 3.36. The van der Waals surface area contributed by atoms with Crippen LogP contribution >= 0.6 is 15.9 Å². The Morgan fingerprint density at radius 1 is 1.55 bits per heavy atom. The Morgan fingerprint density at radius 2 is 2.40 bits per heavy atom. The van der Waals surface area contributed by atoms with Gasteiger partial charge in [-0.05, 0) is 35.3 Å². The zero-order valence-electron chi connectivity index (χ0n) is 10.9. The highest BCUT2D eigenvalue weighted by atomic mass is 79.9. The summed E-state index contributed by atoms with van der Waals surface area (Å²) in [5.74, 6) is 1.37. The fourth-order valence-corrected chi connectivity index (χ4v) is 2.76. The van der Waals surface area contributed by atoms with Gasteiger partial charge in [0.25, 0.3) is 5.91 Å². The second-order valence-electron chi connectivity index (χ2n) is 4.77. The van der Waals surface area contributed by atoms with Crippen LogP contribution in [-0.2, 0) is 0 Å². The van der Waals surface area contributed by atoms with Crippen LogP contribution in [0.1, 0.15) is 34.4 Å². The van der Waals surface area contributed by atoms with Crippen molar-refractivity contribution in [3.8, 4) is 0 Å². The number of amides is 1. The molecule has 6 nitrogen and oxygen atoms in total. The maximum absolute atomic E-state index is 12.5. The van der Waals surface area contributed by atoms with E-state index in [1.807, 2.05) is 4.90 Å². The molecule has 0 N–H and O–H groups in total. The van der Waals surface area contributed by atoms with Crippen LogP contribution in [0, 0.1) is 6.92 Å². The van der Waals surface area contributed by atoms with Crippen LogP contribution in [0.3, 0.4) is 0 Å². The lowest BCUT2D eigenvalue weighted by Crippen LogP contribution is -2.28. The molecule has 7 heteroatoms. The average Bonchev–Trinajstić information content (AvgIpc) is 3.07. The van der Waals surface area contributed by atoms with Gasteiger partial charge in [-0.25, -0.2) is 0 Å². The Labute approximate surface area is 124 Å². The molecule has 1 fully saturated rings. The third kappa shape index (κ3) is 2.45. The fraction of sp³-hybridized carbons (Fsp3) is 0.385. The van der Waals surface area contributed by atoms with Crippen molar-refractivity contribution in [1.29, 1.82) is 0 Å². The number of rotatable bonds is 2. The SMILES string of the molecule is Cc1noc([C@@H]2CCN(C(=O)c3ccncc3Br)C2)n1. The molecule has 0 unspecified atom stereocenters. The zero-order valence-corrected chi connectivity index (χ0v) is 12.5. The van der Waals surface area contributed by atoms with Crippen molar-refractivity contribution >= 4 is 21.8 Å². The predicted molar refractivity (Wildman–Crippen MR) is 74.2 cm³/mol. The lowest BCUT2D eigenvalue weighted by molar-refractivity contribution is 0.0788. The van der Waals surface area contributed by atoms with Gasteiger partial charge in [0.1, 0.15) is 0 Å². The van der Waals surface area contributed by atoms with E-state index in [4.69, 9.17) is 4.52 Å². The van der Waals surface area contributed by atoms with Gasteiger partial charge in [0.2, 0.25) is 5.89 Å². The molecule has 3 rings (SSSR count). The second kappa shape index (κ2) is 5.32. The molecule has 0 radical (unpaired) electrons. The van der Waals surface area contributed by atoms with Crippen molar-refractivity contribution in [3.05, 3.63) is 40.2 Å². The van der Waals surface area contributed by atoms with Gasteiger partial charge < -0.3 is 9.42 Å². The van der Waals surface area contributed by atoms with Gasteiger partial charge in [-0.15, -0.1) is 0 Å². The first kappa shape index (κ1) is 13.2. The van der Waals surface area contributed by atoms with Crippen LogP contribution in [0.15, 0.2) is 27.5 Å². The second-order valence-corrected chi connectivity index (χ2v) is 5.63. The van der Waals surface area contributed by atoms with E-state index in [2.05, 4.69) is 31.1 Å². The smallest absolute Gasteiger partial charge is 0.255 e. The van der Waals surface area contributed by atoms with E-state index in [1.54, 1.807) is 25.4 Å². The first-order valence-corrected chi connectivity index (χ1v) is 7.13. The first-order valence-electron chi connectivity index (χ1n) is 6.34. The minimum Gasteiger partial charge on any atom is -0.339 e. The quantitative estimate of drug-likeness (QED) is 0.840. The van der Waals surface area contributed by atoms with Gasteiger partial charge in [0.15, 0.2) is 5.82 Å². The normalized spacial score (nSPS) is 18.5. The molecule has 1 atom stereocenters. The van der Waals surface area contributed by atoms with E-state index in [0.29, 0.717) is 34.8 Å². The number of halogens is 1. The molecule has 104 valence electrons. The first-order chi connectivity index (χ1) is 9.65. The molecule has 20 heavy (non-hydrogen) atoms. The molecule has 0 spiro atoms. The fourth-order valence-electron chi connectivity index (χ4n) is 2.34. The summed E-state index contributed by atoms with van der Waals surface area (Å²) in [6, 6.07) is 1.72. The monoisotopic (exact) mass is 336 g/mol. The molecule has 1 amide bonds. The van der Waals surface area contributed by atoms with Crippen molar-refractivity contribution in [2.45, 2.75) is 19.3 Å². The summed E-state index contributed by atoms with van der Waals surface area (Å²) in [5, 5.41) is 3.80. The maximum atomic E-state index is 12.5. The van der Waals surface area contributed by atoms with Crippen LogP contribution < -0.4 is 0 Å². The van der Waals surface area contributed by atoms with Crippen molar-refractivity contribution in [2.75, 3.05) is 13.1 Å². The van der Waals surface area contributed by atoms with Crippen LogP contribution in [0.5, 0.6) is 0 Å². The molecule has 2 aromatic rings. The van der Waals surface area contributed by atoms with E-state index >= 15 is 0 Å². The molecule has 3 heterocycles. The molecular formula is C13H13BrN4O2. The molecule has 1 aliphatic rings. The van der Waals surface area contributed by atoms with E-state index in [-0.39, 0.29) is 11.8 Å². The molecular weight excluding hydrogens is 324 g/mol. The average molecular weight is 337 g/mol. The highest BCUT2D eigenvalue weighted by Crippen LogP contribution is 2.28. The molecule has 0 aromatic carbocycles. The minimum atomic E-state index is -0.00184. The lowest BCUT2D eigenvalue weighted by Gasteiger charge is -2.16. The van der Waals surface area contributed by atoms with E-state index < -0.39 is 0 Å². The third-order valence-corrected chi connectivity index (χ3v) is 4.00. The van der Waals surface area contributed by atoms with E-state index in [9.17, 15) is 4.79 Å². The van der Waals surface area contributed by atoms with Crippen molar-refractivity contribution in [1.82, 2.24) is 20.0 Å². The van der Waals surface area contributed by atoms with Gasteiger partial charge in [-0.2, -0.15) is 4.98 Å². The summed E-state index contributed by atoms with van der Waals surface area (Å²) in [6.07, 6.45) is 4.09. The van der Waals surface area contributed by atoms with Gasteiger partial charge in [-0.3, -0.25) is 9.78 Å². The number of hydrogen-bond acceptors (Lipinski definition) is 5. The van der Waals surface area contributed by atoms with Gasteiger partial charge in [0, 0.05) is 30.0 Å². The molecule has 0 saturated carbocycles. The predicted octanol–water partition coefficient (Wildman–Crippen LogP) is 2.17. The largest absolute Gasteiger partial charge is 0.339 e. The maximum Gasteiger partial charge on any atom is 0.255 e. The van der Waals surface area contributed by atoms with E-state index in [1.165, 1.54) is 0 Å². The summed E-state index contributed by atoms with van der Waals surface area (Å²) in [7, 11) is 0. The minimum absolute atomic E-state index is 0.00184. The number of likely N-dealkylation sites (tertiary alicyclic amines) is 1. The Bertz CT molecular complexity index is 643. The number of aryl methyl sites for hydroxylation is 1. The van der Waals surface area contributed by atoms with Gasteiger partial charge >= 0.3 is 0 Å². The molecule has 1 saturated heterocycles. The van der Waals surface area contributed by atoms with Gasteiger partial charge in [0.05, 0.1) is 11.5 Å². The van der Waals surface area contributed by atoms with Crippen LogP contribution in [0.4, 0.5) is 0 Å². The van der Waals surface area contributed by atoms with Crippen LogP contribution in [0.25, 0.3) is 0 Å². The standard InChI is InChI=1S/C13H13BrN4O2/c1-8-16-12(20-17-8)9-3-5-18(7-9)13(19)10-2-4-15-6-11(10)14/h2,4,6,9H,3,5,7H2,1H3/t9-/m1/s1. The Kier molecular flexibility index (Phi) is 3.52. The van der Waals surface area contributed by atoms with Crippen LogP contribution in [-0.4, -0.2) is 39.0 Å². The molecule has 0 bridgehead atoms. The number of aromatic nitrogens is 3. The van der Waals surface area contributed by atoms with Crippen molar-refractivity contribution < 1.29 is 9.32 Å². The highest BCUT2D eigenvalue weighted by Gasteiger charge is 2.31. The number of nitrogens with zero attached hydrogens (tertiary/aromatic N) is 4. The highest BCUT2D eigenvalue weighted by molar-refractivity contribution is 9.10. The van der Waals surface area contributed by atoms with Gasteiger partial charge in [-0.1, -0.05) is 5.16 Å². The number of pyridine rings is 1. The summed E-state index contributed by atoms with van der Waals surface area (Å²) in [5.41, 5.74) is 0.627. The summed E-state index contributed by atoms with van der Waals surface area (Å²) in [4.78, 5) is 22.5. The summed E-state index contributed by atoms with van der Waals surface area (Å²) < 4.78 is 5.90. The van der Waals surface area contributed by atoms with Crippen molar-refractivity contribution in [2.24, 2.45) is 0 Å². The van der Waals surface area contributed by atoms with E-state index in [0.717, 1.165) is 6.42 Å². The Hall–Kier alpha value is -1.76. The third-order valence-electron chi connectivity index (χ3n) is 3.37. The molecule has 2 aromatic heterocycles. The number of carbonyl (C=O) groups is 1. The number of carbonyl (C=O) groups excluding carboxylic acids is 1. The van der Waals surface area contributed by atoms with Crippen LogP contribution in [0.2, 0.25) is 0 Å². The summed E-state index contributed by atoms with van der Waals surface area (Å²) in [6.45, 7) is 3.09. The Morgan fingerprint density at radius 3 is 3.10 bits per heavy atom. The zero-order chi connectivity index (χ0) is 14.1. The molecule has 0 aliphatic carbocycles.